The predicted molar refractivity (Wildman–Crippen MR) is 142 cm³/mol. The monoisotopic (exact) mass is 485 g/mol. The summed E-state index contributed by atoms with van der Waals surface area (Å²) < 4.78 is 5.96. The molecule has 0 bridgehead atoms. The molecule has 6 heteroatoms. The maximum absolute atomic E-state index is 13.4. The summed E-state index contributed by atoms with van der Waals surface area (Å²) in [6, 6.07) is 25.4. The van der Waals surface area contributed by atoms with E-state index in [-0.39, 0.29) is 11.9 Å². The molecule has 2 unspecified atom stereocenters. The molecule has 1 amide bonds. The Morgan fingerprint density at radius 1 is 1.00 bits per heavy atom. The van der Waals surface area contributed by atoms with Gasteiger partial charge < -0.3 is 14.7 Å². The van der Waals surface area contributed by atoms with Gasteiger partial charge in [-0.2, -0.15) is 0 Å². The van der Waals surface area contributed by atoms with Gasteiger partial charge in [0.2, 0.25) is 5.91 Å². The van der Waals surface area contributed by atoms with Crippen LogP contribution in [0.4, 0.5) is 0 Å². The minimum atomic E-state index is -0.421. The number of benzene rings is 3. The first-order valence-electron chi connectivity index (χ1n) is 11.9. The number of para-hydroxylation sites is 2. The second kappa shape index (κ2) is 10.4. The van der Waals surface area contributed by atoms with Crippen molar-refractivity contribution < 1.29 is 9.21 Å². The van der Waals surface area contributed by atoms with Crippen molar-refractivity contribution in [3.8, 4) is 0 Å². The number of furan rings is 1. The quantitative estimate of drug-likeness (QED) is 0.239. The first-order chi connectivity index (χ1) is 17.0. The van der Waals surface area contributed by atoms with Crippen LogP contribution in [0.3, 0.4) is 0 Å². The Morgan fingerprint density at radius 2 is 1.77 bits per heavy atom. The topological polar surface area (TPSA) is 70.1 Å². The van der Waals surface area contributed by atoms with Crippen molar-refractivity contribution in [2.75, 3.05) is 0 Å². The minimum absolute atomic E-state index is 0.0258. The lowest BCUT2D eigenvalue weighted by Gasteiger charge is -2.21. The van der Waals surface area contributed by atoms with Crippen LogP contribution in [0.25, 0.3) is 21.9 Å². The molecule has 2 atom stereocenters. The average molecular weight is 486 g/mol. The number of nitrogens with one attached hydrogen (secondary N) is 3. The van der Waals surface area contributed by atoms with E-state index in [9.17, 15) is 4.79 Å². The Bertz CT molecular complexity index is 1400. The summed E-state index contributed by atoms with van der Waals surface area (Å²) >= 11 is 6.01. The van der Waals surface area contributed by atoms with Crippen molar-refractivity contribution >= 4 is 39.4 Å². The van der Waals surface area contributed by atoms with Crippen LogP contribution in [-0.4, -0.2) is 23.0 Å². The molecule has 2 heterocycles. The van der Waals surface area contributed by atoms with Gasteiger partial charge in [-0.25, -0.2) is 0 Å². The normalized spacial score (nSPS) is 13.2. The maximum Gasteiger partial charge on any atom is 0.237 e. The fourth-order valence-electron chi connectivity index (χ4n) is 4.49. The highest BCUT2D eigenvalue weighted by Gasteiger charge is 2.22. The molecule has 2 aromatic heterocycles. The largest absolute Gasteiger partial charge is 0.460 e. The number of fused-ring (bicyclic) bond motifs is 2. The maximum atomic E-state index is 13.4. The summed E-state index contributed by atoms with van der Waals surface area (Å²) in [5.41, 5.74) is 4.14. The molecule has 0 saturated carbocycles. The van der Waals surface area contributed by atoms with Gasteiger partial charge in [-0.1, -0.05) is 60.1 Å². The van der Waals surface area contributed by atoms with E-state index in [1.807, 2.05) is 85.9 Å². The Hall–Kier alpha value is -3.54. The molecule has 5 rings (SSSR count). The van der Waals surface area contributed by atoms with Crippen LogP contribution in [0.1, 0.15) is 23.8 Å². The van der Waals surface area contributed by atoms with Gasteiger partial charge in [0.1, 0.15) is 11.3 Å². The van der Waals surface area contributed by atoms with Crippen LogP contribution in [0.15, 0.2) is 89.5 Å². The fraction of sp³-hybridized carbons (Fsp3) is 0.207. The number of amides is 1. The number of rotatable bonds is 9. The van der Waals surface area contributed by atoms with Crippen LogP contribution in [0.5, 0.6) is 0 Å². The lowest BCUT2D eigenvalue weighted by Crippen LogP contribution is -2.48. The van der Waals surface area contributed by atoms with Crippen molar-refractivity contribution in [3.05, 3.63) is 107 Å². The van der Waals surface area contributed by atoms with Crippen molar-refractivity contribution in [3.63, 3.8) is 0 Å². The van der Waals surface area contributed by atoms with E-state index < -0.39 is 6.04 Å². The predicted octanol–water partition coefficient (Wildman–Crippen LogP) is 6.02. The number of halogens is 1. The van der Waals surface area contributed by atoms with E-state index in [4.69, 9.17) is 16.0 Å². The van der Waals surface area contributed by atoms with Gasteiger partial charge >= 0.3 is 0 Å². The number of aromatic amines is 1. The van der Waals surface area contributed by atoms with E-state index >= 15 is 0 Å². The summed E-state index contributed by atoms with van der Waals surface area (Å²) in [6.07, 6.45) is 3.28. The molecule has 3 aromatic carbocycles. The first-order valence-corrected chi connectivity index (χ1v) is 12.2. The number of H-pyrrole nitrogens is 1. The van der Waals surface area contributed by atoms with Crippen LogP contribution in [0.2, 0.25) is 5.02 Å². The minimum Gasteiger partial charge on any atom is -0.460 e. The zero-order chi connectivity index (χ0) is 24.2. The molecule has 0 radical (unpaired) electrons. The van der Waals surface area contributed by atoms with E-state index in [1.165, 1.54) is 0 Å². The van der Waals surface area contributed by atoms with E-state index in [1.54, 1.807) is 0 Å². The fourth-order valence-corrected chi connectivity index (χ4v) is 4.62. The van der Waals surface area contributed by atoms with Crippen molar-refractivity contribution in [2.24, 2.45) is 0 Å². The molecule has 0 fully saturated rings. The standard InChI is InChI=1S/C29H28ClN3O2/c1-19(14-20-10-12-23(30)13-11-20)33-29(34)27(16-22-17-31-26-8-4-3-7-25(22)26)32-18-24-15-21-6-2-5-9-28(21)35-24/h2-13,15,17,19,27,31-32H,14,16,18H2,1H3,(H,33,34). The molecule has 0 aliphatic carbocycles. The van der Waals surface area contributed by atoms with E-state index in [0.29, 0.717) is 18.0 Å². The van der Waals surface area contributed by atoms with Gasteiger partial charge in [0.25, 0.3) is 0 Å². The van der Waals surface area contributed by atoms with Crippen molar-refractivity contribution in [2.45, 2.75) is 38.4 Å². The molecular weight excluding hydrogens is 458 g/mol. The summed E-state index contributed by atoms with van der Waals surface area (Å²) in [5, 5.41) is 9.52. The van der Waals surface area contributed by atoms with Crippen LogP contribution < -0.4 is 10.6 Å². The van der Waals surface area contributed by atoms with Crippen LogP contribution in [0, 0.1) is 0 Å². The SMILES string of the molecule is CC(Cc1ccc(Cl)cc1)NC(=O)C(Cc1c[nH]c2ccccc12)NCc1cc2ccccc2o1. The van der Waals surface area contributed by atoms with E-state index in [0.717, 1.165) is 45.2 Å². The number of carbonyl (C=O) groups is 1. The number of hydrogen-bond acceptors (Lipinski definition) is 3. The highest BCUT2D eigenvalue weighted by Crippen LogP contribution is 2.21. The number of aromatic nitrogens is 1. The van der Waals surface area contributed by atoms with Gasteiger partial charge in [0.05, 0.1) is 12.6 Å². The second-order valence-electron chi connectivity index (χ2n) is 8.99. The zero-order valence-corrected chi connectivity index (χ0v) is 20.3. The lowest BCUT2D eigenvalue weighted by atomic mass is 10.0. The smallest absolute Gasteiger partial charge is 0.237 e. The molecular formula is C29H28ClN3O2. The molecule has 5 nitrogen and oxygen atoms in total. The third kappa shape index (κ3) is 5.59. The molecule has 5 aromatic rings. The van der Waals surface area contributed by atoms with Gasteiger partial charge in [-0.15, -0.1) is 0 Å². The summed E-state index contributed by atoms with van der Waals surface area (Å²) in [6.45, 7) is 2.48. The Labute approximate surface area is 209 Å². The Morgan fingerprint density at radius 3 is 2.60 bits per heavy atom. The Balaban J connectivity index is 1.31. The molecule has 0 saturated heterocycles. The zero-order valence-electron chi connectivity index (χ0n) is 19.6. The number of hydrogen-bond donors (Lipinski definition) is 3. The van der Waals surface area contributed by atoms with Crippen molar-refractivity contribution in [1.29, 1.82) is 0 Å². The molecule has 35 heavy (non-hydrogen) atoms. The molecule has 0 spiro atoms. The number of carbonyl (C=O) groups excluding carboxylic acids is 1. The average Bonchev–Trinajstić information content (AvgIpc) is 3.46. The van der Waals surface area contributed by atoms with Gasteiger partial charge in [-0.05, 0) is 61.2 Å². The molecule has 3 N–H and O–H groups in total. The summed E-state index contributed by atoms with van der Waals surface area (Å²) in [4.78, 5) is 16.7. The summed E-state index contributed by atoms with van der Waals surface area (Å²) in [5.74, 6) is 0.769. The Kier molecular flexibility index (Phi) is 6.89. The highest BCUT2D eigenvalue weighted by atomic mass is 35.5. The molecule has 178 valence electrons. The molecule has 0 aliphatic rings. The highest BCUT2D eigenvalue weighted by molar-refractivity contribution is 6.30. The van der Waals surface area contributed by atoms with E-state index in [2.05, 4.69) is 21.7 Å². The van der Waals surface area contributed by atoms with Crippen LogP contribution >= 0.6 is 11.6 Å². The molecule has 0 aliphatic heterocycles. The van der Waals surface area contributed by atoms with Crippen molar-refractivity contribution in [1.82, 2.24) is 15.6 Å². The summed E-state index contributed by atoms with van der Waals surface area (Å²) in [7, 11) is 0. The lowest BCUT2D eigenvalue weighted by molar-refractivity contribution is -0.123. The second-order valence-corrected chi connectivity index (χ2v) is 9.42. The van der Waals surface area contributed by atoms with Gasteiger partial charge in [-0.3, -0.25) is 10.1 Å². The van der Waals surface area contributed by atoms with Gasteiger partial charge in [0.15, 0.2) is 0 Å². The third-order valence-corrected chi connectivity index (χ3v) is 6.51. The third-order valence-electron chi connectivity index (χ3n) is 6.26. The van der Waals surface area contributed by atoms with Crippen LogP contribution in [-0.2, 0) is 24.2 Å². The van der Waals surface area contributed by atoms with Gasteiger partial charge in [0, 0.05) is 33.6 Å². The first kappa shape index (κ1) is 23.2.